The zero-order valence-electron chi connectivity index (χ0n) is 27.5. The Balaban J connectivity index is 1.18. The zero-order valence-corrected chi connectivity index (χ0v) is 28.4. The number of ether oxygens (including phenoxy) is 1. The highest BCUT2D eigenvalue weighted by Crippen LogP contribution is 2.35. The van der Waals surface area contributed by atoms with E-state index in [0.29, 0.717) is 6.42 Å². The Labute approximate surface area is 288 Å². The number of carbonyl (C=O) groups excluding carboxylic acids is 1. The van der Waals surface area contributed by atoms with Crippen molar-refractivity contribution in [3.8, 4) is 5.75 Å². The third-order valence-corrected chi connectivity index (χ3v) is 10.2. The summed E-state index contributed by atoms with van der Waals surface area (Å²) in [5.41, 5.74) is 10.3. The van der Waals surface area contributed by atoms with E-state index in [4.69, 9.17) is 4.74 Å². The van der Waals surface area contributed by atoms with E-state index in [1.807, 2.05) is 12.1 Å². The number of rotatable bonds is 11. The maximum atomic E-state index is 13.2. The summed E-state index contributed by atoms with van der Waals surface area (Å²) in [6, 6.07) is 47.2. The number of sulfone groups is 1. The molecule has 244 valence electrons. The van der Waals surface area contributed by atoms with Gasteiger partial charge < -0.3 is 9.64 Å². The quantitative estimate of drug-likeness (QED) is 0.0785. The molecule has 0 fully saturated rings. The van der Waals surface area contributed by atoms with Gasteiger partial charge in [0.1, 0.15) is 5.75 Å². The zero-order chi connectivity index (χ0) is 34.4. The molecule has 0 atom stereocenters. The van der Waals surface area contributed by atoms with Gasteiger partial charge in [0.2, 0.25) is 9.84 Å². The minimum absolute atomic E-state index is 0.119. The van der Waals surface area contributed by atoms with Crippen LogP contribution in [0.4, 0.5) is 17.1 Å². The first-order valence-corrected chi connectivity index (χ1v) is 17.5. The van der Waals surface area contributed by atoms with Crippen molar-refractivity contribution in [3.63, 3.8) is 0 Å². The Morgan fingerprint density at radius 1 is 0.551 bits per heavy atom. The SMILES string of the molecule is C=CC(=O)Oc1ccc(S(=O)(=O)c2ccc(Cc3ccc(N(c4ccc(C)cc4)c4ccc(Cc5ccc(C)cc5)cc4)cc3)cc2)cc1. The second-order valence-electron chi connectivity index (χ2n) is 12.1. The average molecular weight is 664 g/mol. The van der Waals surface area contributed by atoms with Crippen LogP contribution in [0.15, 0.2) is 168 Å². The smallest absolute Gasteiger partial charge is 0.335 e. The van der Waals surface area contributed by atoms with Crippen LogP contribution < -0.4 is 9.64 Å². The molecule has 49 heavy (non-hydrogen) atoms. The Hall–Kier alpha value is -5.72. The third-order valence-electron chi connectivity index (χ3n) is 8.37. The van der Waals surface area contributed by atoms with E-state index in [-0.39, 0.29) is 15.5 Å². The van der Waals surface area contributed by atoms with Gasteiger partial charge in [-0.25, -0.2) is 13.2 Å². The van der Waals surface area contributed by atoms with Crippen LogP contribution in [0.25, 0.3) is 0 Å². The van der Waals surface area contributed by atoms with Crippen molar-refractivity contribution in [3.05, 3.63) is 192 Å². The van der Waals surface area contributed by atoms with Gasteiger partial charge in [-0.15, -0.1) is 0 Å². The van der Waals surface area contributed by atoms with E-state index in [0.717, 1.165) is 40.7 Å². The van der Waals surface area contributed by atoms with Gasteiger partial charge in [-0.2, -0.15) is 0 Å². The fourth-order valence-corrected chi connectivity index (χ4v) is 6.87. The molecular formula is C43H37NO4S. The van der Waals surface area contributed by atoms with E-state index in [9.17, 15) is 13.2 Å². The van der Waals surface area contributed by atoms with Crippen molar-refractivity contribution in [2.75, 3.05) is 4.90 Å². The molecule has 0 amide bonds. The van der Waals surface area contributed by atoms with Gasteiger partial charge in [0.05, 0.1) is 9.79 Å². The maximum Gasteiger partial charge on any atom is 0.335 e. The van der Waals surface area contributed by atoms with E-state index in [1.54, 1.807) is 12.1 Å². The average Bonchev–Trinajstić information content (AvgIpc) is 3.12. The minimum Gasteiger partial charge on any atom is -0.423 e. The summed E-state index contributed by atoms with van der Waals surface area (Å²) in [7, 11) is -3.74. The number of esters is 1. The second kappa shape index (κ2) is 14.6. The summed E-state index contributed by atoms with van der Waals surface area (Å²) in [5, 5.41) is 0. The molecule has 6 rings (SSSR count). The van der Waals surface area contributed by atoms with Gasteiger partial charge in [0.25, 0.3) is 0 Å². The van der Waals surface area contributed by atoms with Gasteiger partial charge >= 0.3 is 5.97 Å². The van der Waals surface area contributed by atoms with Crippen LogP contribution in [-0.4, -0.2) is 14.4 Å². The summed E-state index contributed by atoms with van der Waals surface area (Å²) in [6.45, 7) is 7.56. The van der Waals surface area contributed by atoms with Gasteiger partial charge in [-0.1, -0.05) is 90.5 Å². The highest BCUT2D eigenvalue weighted by atomic mass is 32.2. The minimum atomic E-state index is -3.74. The van der Waals surface area contributed by atoms with Crippen molar-refractivity contribution in [2.24, 2.45) is 0 Å². The first kappa shape index (κ1) is 33.2. The molecule has 0 heterocycles. The van der Waals surface area contributed by atoms with Crippen LogP contribution in [0.1, 0.15) is 33.4 Å². The first-order valence-electron chi connectivity index (χ1n) is 16.1. The van der Waals surface area contributed by atoms with Crippen molar-refractivity contribution >= 4 is 32.9 Å². The first-order chi connectivity index (χ1) is 23.7. The van der Waals surface area contributed by atoms with Crippen LogP contribution in [0.2, 0.25) is 0 Å². The van der Waals surface area contributed by atoms with Crippen LogP contribution in [0.5, 0.6) is 5.75 Å². The fourth-order valence-electron chi connectivity index (χ4n) is 5.61. The largest absolute Gasteiger partial charge is 0.423 e. The molecule has 0 aliphatic rings. The topological polar surface area (TPSA) is 63.7 Å². The molecule has 6 aromatic rings. The number of benzene rings is 6. The molecule has 0 bridgehead atoms. The Morgan fingerprint density at radius 2 is 0.878 bits per heavy atom. The summed E-state index contributed by atoms with van der Waals surface area (Å²) >= 11 is 0. The van der Waals surface area contributed by atoms with Crippen molar-refractivity contribution in [2.45, 2.75) is 36.5 Å². The van der Waals surface area contributed by atoms with E-state index in [1.165, 1.54) is 46.5 Å². The number of hydrogen-bond donors (Lipinski definition) is 0. The van der Waals surface area contributed by atoms with E-state index in [2.05, 4.69) is 122 Å². The highest BCUT2D eigenvalue weighted by molar-refractivity contribution is 7.91. The summed E-state index contributed by atoms with van der Waals surface area (Å²) in [5.74, 6) is -0.358. The Bertz CT molecular complexity index is 2150. The van der Waals surface area contributed by atoms with Gasteiger partial charge in [-0.3, -0.25) is 0 Å². The van der Waals surface area contributed by atoms with E-state index >= 15 is 0 Å². The lowest BCUT2D eigenvalue weighted by Gasteiger charge is -2.26. The molecule has 0 aliphatic heterocycles. The summed E-state index contributed by atoms with van der Waals surface area (Å²) < 4.78 is 31.5. The number of anilines is 3. The molecule has 0 N–H and O–H groups in total. The molecular weight excluding hydrogens is 627 g/mol. The molecule has 0 aromatic heterocycles. The van der Waals surface area contributed by atoms with Crippen molar-refractivity contribution in [1.82, 2.24) is 0 Å². The van der Waals surface area contributed by atoms with Crippen LogP contribution in [0.3, 0.4) is 0 Å². The van der Waals surface area contributed by atoms with Gasteiger partial charge in [0.15, 0.2) is 0 Å². The predicted octanol–water partition coefficient (Wildman–Crippen LogP) is 9.88. The van der Waals surface area contributed by atoms with Crippen molar-refractivity contribution in [1.29, 1.82) is 0 Å². The summed E-state index contributed by atoms with van der Waals surface area (Å²) in [4.78, 5) is 14.0. The molecule has 0 radical (unpaired) electrons. The highest BCUT2D eigenvalue weighted by Gasteiger charge is 2.18. The maximum absolute atomic E-state index is 13.2. The van der Waals surface area contributed by atoms with E-state index < -0.39 is 15.8 Å². The number of hydrogen-bond acceptors (Lipinski definition) is 5. The van der Waals surface area contributed by atoms with Crippen LogP contribution in [-0.2, 0) is 27.5 Å². The molecule has 5 nitrogen and oxygen atoms in total. The molecule has 0 saturated carbocycles. The van der Waals surface area contributed by atoms with Crippen LogP contribution in [0, 0.1) is 13.8 Å². The molecule has 0 aliphatic carbocycles. The molecule has 0 spiro atoms. The number of aryl methyl sites for hydroxylation is 2. The normalized spacial score (nSPS) is 11.1. The number of carbonyl (C=O) groups is 1. The molecule has 6 aromatic carbocycles. The third kappa shape index (κ3) is 8.06. The monoisotopic (exact) mass is 663 g/mol. The van der Waals surface area contributed by atoms with Crippen LogP contribution >= 0.6 is 0 Å². The molecule has 0 saturated heterocycles. The van der Waals surface area contributed by atoms with Gasteiger partial charge in [0, 0.05) is 23.1 Å². The van der Waals surface area contributed by atoms with Gasteiger partial charge in [-0.05, 0) is 122 Å². The standard InChI is InChI=1S/C43H37NO4S/c1-4-43(45)48-40-23-27-42(28-24-40)49(46,47)41-25-15-36(16-26-41)30-35-13-21-39(22-14-35)44(37-17-7-32(3)8-18-37)38-19-11-34(12-20-38)29-33-9-5-31(2)6-10-33/h4-28H,1,29-30H2,2-3H3. The lowest BCUT2D eigenvalue weighted by Crippen LogP contribution is -2.10. The second-order valence-corrected chi connectivity index (χ2v) is 14.0. The lowest BCUT2D eigenvalue weighted by atomic mass is 10.0. The Kier molecular flexibility index (Phi) is 9.88. The number of nitrogens with zero attached hydrogens (tertiary/aromatic N) is 1. The predicted molar refractivity (Wildman–Crippen MR) is 197 cm³/mol. The summed E-state index contributed by atoms with van der Waals surface area (Å²) in [6.07, 6.45) is 2.59. The Morgan fingerprint density at radius 3 is 1.29 bits per heavy atom. The molecule has 6 heteroatoms. The molecule has 0 unspecified atom stereocenters. The fraction of sp³-hybridized carbons (Fsp3) is 0.0930. The lowest BCUT2D eigenvalue weighted by molar-refractivity contribution is -0.128. The van der Waals surface area contributed by atoms with Crippen molar-refractivity contribution < 1.29 is 17.9 Å².